The first-order chi connectivity index (χ1) is 14.8. The SMILES string of the molecule is CC(C)C(C)N(Cc1cccn1Cc1cccc(Cl)c1)C(=O)c1cccc([N+](=O)[O-])c1. The second-order valence-electron chi connectivity index (χ2n) is 7.98. The first-order valence-electron chi connectivity index (χ1n) is 10.2. The van der Waals surface area contributed by atoms with Gasteiger partial charge in [0, 0.05) is 47.2 Å². The largest absolute Gasteiger partial charge is 0.345 e. The standard InChI is InChI=1S/C24H26ClN3O3/c1-17(2)18(3)27(24(29)20-8-5-10-22(14-20)28(30)31)16-23-11-6-12-26(23)15-19-7-4-9-21(25)13-19/h4-14,17-18H,15-16H2,1-3H3. The zero-order valence-corrected chi connectivity index (χ0v) is 18.6. The van der Waals surface area contributed by atoms with Gasteiger partial charge >= 0.3 is 0 Å². The van der Waals surface area contributed by atoms with E-state index in [0.717, 1.165) is 11.3 Å². The van der Waals surface area contributed by atoms with Gasteiger partial charge in [-0.2, -0.15) is 0 Å². The highest BCUT2D eigenvalue weighted by Crippen LogP contribution is 2.22. The molecule has 0 saturated heterocycles. The minimum absolute atomic E-state index is 0.0544. The lowest BCUT2D eigenvalue weighted by Gasteiger charge is -2.32. The summed E-state index contributed by atoms with van der Waals surface area (Å²) in [5, 5.41) is 11.8. The van der Waals surface area contributed by atoms with E-state index in [2.05, 4.69) is 18.4 Å². The molecule has 2 aromatic carbocycles. The number of nitro groups is 1. The summed E-state index contributed by atoms with van der Waals surface area (Å²) in [4.78, 5) is 25.8. The van der Waals surface area contributed by atoms with Gasteiger partial charge in [-0.1, -0.05) is 43.6 Å². The fraction of sp³-hybridized carbons (Fsp3) is 0.292. The fourth-order valence-corrected chi connectivity index (χ4v) is 3.65. The van der Waals surface area contributed by atoms with Gasteiger partial charge in [0.05, 0.1) is 11.5 Å². The van der Waals surface area contributed by atoms with E-state index in [1.54, 1.807) is 17.0 Å². The van der Waals surface area contributed by atoms with Crippen LogP contribution in [0.5, 0.6) is 0 Å². The smallest absolute Gasteiger partial charge is 0.270 e. The van der Waals surface area contributed by atoms with Crippen LogP contribution in [-0.2, 0) is 13.1 Å². The van der Waals surface area contributed by atoms with Crippen LogP contribution in [0.2, 0.25) is 5.02 Å². The summed E-state index contributed by atoms with van der Waals surface area (Å²) in [5.41, 5.74) is 2.27. The van der Waals surface area contributed by atoms with Crippen molar-refractivity contribution in [1.29, 1.82) is 0 Å². The highest BCUT2D eigenvalue weighted by atomic mass is 35.5. The molecule has 1 atom stereocenters. The van der Waals surface area contributed by atoms with Gasteiger partial charge in [-0.3, -0.25) is 14.9 Å². The Balaban J connectivity index is 1.89. The molecule has 0 fully saturated rings. The number of hydrogen-bond acceptors (Lipinski definition) is 3. The monoisotopic (exact) mass is 439 g/mol. The maximum atomic E-state index is 13.4. The maximum absolute atomic E-state index is 13.4. The van der Waals surface area contributed by atoms with E-state index in [1.807, 2.05) is 49.5 Å². The number of halogens is 1. The van der Waals surface area contributed by atoms with Crippen molar-refractivity contribution in [1.82, 2.24) is 9.47 Å². The molecule has 1 heterocycles. The molecule has 6 nitrogen and oxygen atoms in total. The third-order valence-electron chi connectivity index (χ3n) is 5.52. The molecule has 0 radical (unpaired) electrons. The minimum atomic E-state index is -0.483. The number of non-ortho nitro benzene ring substituents is 1. The van der Waals surface area contributed by atoms with Crippen molar-refractivity contribution in [3.8, 4) is 0 Å². The van der Waals surface area contributed by atoms with Crippen molar-refractivity contribution in [3.63, 3.8) is 0 Å². The van der Waals surface area contributed by atoms with E-state index in [0.29, 0.717) is 23.7 Å². The lowest BCUT2D eigenvalue weighted by atomic mass is 10.0. The van der Waals surface area contributed by atoms with Gasteiger partial charge in [0.15, 0.2) is 0 Å². The maximum Gasteiger partial charge on any atom is 0.270 e. The Kier molecular flexibility index (Phi) is 7.13. The average Bonchev–Trinajstić information content (AvgIpc) is 3.17. The molecule has 162 valence electrons. The predicted octanol–water partition coefficient (Wildman–Crippen LogP) is 5.78. The van der Waals surface area contributed by atoms with Crippen LogP contribution in [-0.4, -0.2) is 26.3 Å². The molecule has 31 heavy (non-hydrogen) atoms. The Hall–Kier alpha value is -3.12. The number of carbonyl (C=O) groups is 1. The molecule has 0 aliphatic rings. The van der Waals surface area contributed by atoms with Gasteiger partial charge in [-0.25, -0.2) is 0 Å². The Morgan fingerprint density at radius 1 is 1.10 bits per heavy atom. The molecule has 0 N–H and O–H groups in total. The van der Waals surface area contributed by atoms with Crippen molar-refractivity contribution in [3.05, 3.63) is 98.8 Å². The molecule has 3 rings (SSSR count). The van der Waals surface area contributed by atoms with Gasteiger partial charge < -0.3 is 9.47 Å². The summed E-state index contributed by atoms with van der Waals surface area (Å²) in [5.74, 6) is -0.000559. The van der Waals surface area contributed by atoms with E-state index < -0.39 is 4.92 Å². The van der Waals surface area contributed by atoms with E-state index in [-0.39, 0.29) is 23.6 Å². The normalized spacial score (nSPS) is 12.0. The lowest BCUT2D eigenvalue weighted by molar-refractivity contribution is -0.384. The quantitative estimate of drug-likeness (QED) is 0.329. The van der Waals surface area contributed by atoms with Crippen LogP contribution in [0.15, 0.2) is 66.9 Å². The molecule has 0 aliphatic carbocycles. The predicted molar refractivity (Wildman–Crippen MR) is 122 cm³/mol. The van der Waals surface area contributed by atoms with Gasteiger partial charge in [-0.05, 0) is 48.7 Å². The van der Waals surface area contributed by atoms with E-state index in [4.69, 9.17) is 11.6 Å². The van der Waals surface area contributed by atoms with Gasteiger partial charge in [0.25, 0.3) is 11.6 Å². The fourth-order valence-electron chi connectivity index (χ4n) is 3.43. The molecular weight excluding hydrogens is 414 g/mol. The Morgan fingerprint density at radius 2 is 1.84 bits per heavy atom. The molecule has 0 aliphatic heterocycles. The Labute approximate surface area is 187 Å². The number of nitrogens with zero attached hydrogens (tertiary/aromatic N) is 3. The van der Waals surface area contributed by atoms with E-state index >= 15 is 0 Å². The number of rotatable bonds is 8. The third kappa shape index (κ3) is 5.52. The number of hydrogen-bond donors (Lipinski definition) is 0. The van der Waals surface area contributed by atoms with Crippen molar-refractivity contribution in [2.45, 2.75) is 39.9 Å². The number of benzene rings is 2. The van der Waals surface area contributed by atoms with Crippen molar-refractivity contribution < 1.29 is 9.72 Å². The van der Waals surface area contributed by atoms with Crippen LogP contribution in [0.4, 0.5) is 5.69 Å². The summed E-state index contributed by atoms with van der Waals surface area (Å²) in [6.07, 6.45) is 1.98. The van der Waals surface area contributed by atoms with Crippen LogP contribution >= 0.6 is 11.6 Å². The molecule has 1 aromatic heterocycles. The van der Waals surface area contributed by atoms with Crippen LogP contribution in [0.25, 0.3) is 0 Å². The van der Waals surface area contributed by atoms with E-state index in [1.165, 1.54) is 12.1 Å². The number of amides is 1. The van der Waals surface area contributed by atoms with Crippen LogP contribution in [0, 0.1) is 16.0 Å². The average molecular weight is 440 g/mol. The number of carbonyl (C=O) groups excluding carboxylic acids is 1. The topological polar surface area (TPSA) is 68.4 Å². The summed E-state index contributed by atoms with van der Waals surface area (Å²) in [6, 6.07) is 17.5. The highest BCUT2D eigenvalue weighted by molar-refractivity contribution is 6.30. The number of nitro benzene ring substituents is 1. The zero-order valence-electron chi connectivity index (χ0n) is 17.9. The van der Waals surface area contributed by atoms with Gasteiger partial charge in [-0.15, -0.1) is 0 Å². The first-order valence-corrected chi connectivity index (χ1v) is 10.6. The van der Waals surface area contributed by atoms with Crippen molar-refractivity contribution in [2.75, 3.05) is 0 Å². The highest BCUT2D eigenvalue weighted by Gasteiger charge is 2.26. The Bertz CT molecular complexity index is 1080. The second kappa shape index (κ2) is 9.79. The van der Waals surface area contributed by atoms with Crippen molar-refractivity contribution >= 4 is 23.2 Å². The van der Waals surface area contributed by atoms with Gasteiger partial charge in [0.1, 0.15) is 0 Å². The minimum Gasteiger partial charge on any atom is -0.345 e. The zero-order chi connectivity index (χ0) is 22.5. The Morgan fingerprint density at radius 3 is 2.52 bits per heavy atom. The third-order valence-corrected chi connectivity index (χ3v) is 5.75. The van der Waals surface area contributed by atoms with Crippen LogP contribution < -0.4 is 0 Å². The summed E-state index contributed by atoms with van der Waals surface area (Å²) in [7, 11) is 0. The summed E-state index contributed by atoms with van der Waals surface area (Å²) in [6.45, 7) is 7.16. The van der Waals surface area contributed by atoms with E-state index in [9.17, 15) is 14.9 Å². The lowest BCUT2D eigenvalue weighted by Crippen LogP contribution is -2.41. The van der Waals surface area contributed by atoms with Crippen LogP contribution in [0.3, 0.4) is 0 Å². The molecule has 0 bridgehead atoms. The molecular formula is C24H26ClN3O3. The first kappa shape index (κ1) is 22.6. The van der Waals surface area contributed by atoms with Gasteiger partial charge in [0.2, 0.25) is 0 Å². The molecule has 1 unspecified atom stereocenters. The van der Waals surface area contributed by atoms with Crippen LogP contribution in [0.1, 0.15) is 42.4 Å². The van der Waals surface area contributed by atoms with Crippen molar-refractivity contribution in [2.24, 2.45) is 5.92 Å². The summed E-state index contributed by atoms with van der Waals surface area (Å²) >= 11 is 6.12. The molecule has 0 spiro atoms. The second-order valence-corrected chi connectivity index (χ2v) is 8.42. The molecule has 7 heteroatoms. The molecule has 1 amide bonds. The molecule has 0 saturated carbocycles. The molecule has 3 aromatic rings. The summed E-state index contributed by atoms with van der Waals surface area (Å²) < 4.78 is 2.09. The number of aromatic nitrogens is 1.